The molecule has 0 aliphatic heterocycles. The number of rotatable bonds is 7. The SMILES string of the molecule is NCc1ccc(CNC(=O)c2cccc(NS(=O)(=O)c3ccccc3)c2)cc1. The van der Waals surface area contributed by atoms with E-state index in [1.165, 1.54) is 18.2 Å². The van der Waals surface area contributed by atoms with E-state index in [-0.39, 0.29) is 10.8 Å². The fourth-order valence-electron chi connectivity index (χ4n) is 2.62. The molecule has 28 heavy (non-hydrogen) atoms. The maximum atomic E-state index is 12.4. The Balaban J connectivity index is 1.67. The van der Waals surface area contributed by atoms with Crippen LogP contribution in [-0.2, 0) is 23.1 Å². The van der Waals surface area contributed by atoms with Gasteiger partial charge in [0.05, 0.1) is 4.90 Å². The van der Waals surface area contributed by atoms with Gasteiger partial charge in [0.25, 0.3) is 15.9 Å². The molecule has 0 saturated carbocycles. The van der Waals surface area contributed by atoms with Crippen LogP contribution in [0.5, 0.6) is 0 Å². The third kappa shape index (κ3) is 4.97. The summed E-state index contributed by atoms with van der Waals surface area (Å²) in [5, 5.41) is 2.83. The lowest BCUT2D eigenvalue weighted by Gasteiger charge is -2.10. The minimum atomic E-state index is -3.71. The standard InChI is InChI=1S/C21H21N3O3S/c22-14-16-9-11-17(12-10-16)15-23-21(25)18-5-4-6-19(13-18)24-28(26,27)20-7-2-1-3-8-20/h1-13,24H,14-15,22H2,(H,23,25). The average molecular weight is 395 g/mol. The quantitative estimate of drug-likeness (QED) is 0.572. The van der Waals surface area contributed by atoms with Crippen molar-refractivity contribution in [3.05, 3.63) is 95.6 Å². The topological polar surface area (TPSA) is 101 Å². The van der Waals surface area contributed by atoms with Gasteiger partial charge in [-0.1, -0.05) is 48.5 Å². The zero-order chi connectivity index (χ0) is 20.0. The summed E-state index contributed by atoms with van der Waals surface area (Å²) in [7, 11) is -3.71. The zero-order valence-electron chi connectivity index (χ0n) is 15.1. The van der Waals surface area contributed by atoms with Crippen LogP contribution in [0.1, 0.15) is 21.5 Å². The summed E-state index contributed by atoms with van der Waals surface area (Å²) in [5.41, 5.74) is 8.24. The molecule has 0 fully saturated rings. The second kappa shape index (κ2) is 8.69. The molecule has 0 saturated heterocycles. The number of carbonyl (C=O) groups is 1. The smallest absolute Gasteiger partial charge is 0.261 e. The third-order valence-electron chi connectivity index (χ3n) is 4.14. The Morgan fingerprint density at radius 2 is 1.54 bits per heavy atom. The van der Waals surface area contributed by atoms with E-state index in [1.54, 1.807) is 36.4 Å². The third-order valence-corrected chi connectivity index (χ3v) is 5.54. The van der Waals surface area contributed by atoms with Gasteiger partial charge in [0.2, 0.25) is 0 Å². The van der Waals surface area contributed by atoms with Gasteiger partial charge in [0.15, 0.2) is 0 Å². The molecule has 1 amide bonds. The fourth-order valence-corrected chi connectivity index (χ4v) is 3.69. The van der Waals surface area contributed by atoms with Gasteiger partial charge in [0.1, 0.15) is 0 Å². The Kier molecular flexibility index (Phi) is 6.08. The van der Waals surface area contributed by atoms with E-state index in [4.69, 9.17) is 5.73 Å². The fraction of sp³-hybridized carbons (Fsp3) is 0.0952. The lowest BCUT2D eigenvalue weighted by molar-refractivity contribution is 0.0951. The first-order chi connectivity index (χ1) is 13.5. The summed E-state index contributed by atoms with van der Waals surface area (Å²) in [4.78, 5) is 12.6. The van der Waals surface area contributed by atoms with Crippen molar-refractivity contribution in [1.29, 1.82) is 0 Å². The first-order valence-corrected chi connectivity index (χ1v) is 10.2. The molecule has 6 nitrogen and oxygen atoms in total. The molecule has 7 heteroatoms. The van der Waals surface area contributed by atoms with Gasteiger partial charge >= 0.3 is 0 Å². The van der Waals surface area contributed by atoms with Gasteiger partial charge in [0, 0.05) is 24.3 Å². The molecule has 0 aromatic heterocycles. The largest absolute Gasteiger partial charge is 0.348 e. The van der Waals surface area contributed by atoms with E-state index >= 15 is 0 Å². The van der Waals surface area contributed by atoms with Crippen LogP contribution in [0.25, 0.3) is 0 Å². The lowest BCUT2D eigenvalue weighted by atomic mass is 10.1. The summed E-state index contributed by atoms with van der Waals surface area (Å²) in [6, 6.07) is 22.1. The van der Waals surface area contributed by atoms with Crippen LogP contribution >= 0.6 is 0 Å². The molecule has 3 rings (SSSR count). The number of nitrogens with two attached hydrogens (primary N) is 1. The van der Waals surface area contributed by atoms with Crippen LogP contribution < -0.4 is 15.8 Å². The Bertz CT molecular complexity index is 1050. The molecule has 144 valence electrons. The first-order valence-electron chi connectivity index (χ1n) is 8.72. The van der Waals surface area contributed by atoms with Gasteiger partial charge in [-0.05, 0) is 41.5 Å². The van der Waals surface area contributed by atoms with E-state index in [0.717, 1.165) is 11.1 Å². The minimum absolute atomic E-state index is 0.158. The highest BCUT2D eigenvalue weighted by molar-refractivity contribution is 7.92. The normalized spacial score (nSPS) is 11.0. The van der Waals surface area contributed by atoms with Crippen molar-refractivity contribution in [2.75, 3.05) is 4.72 Å². The van der Waals surface area contributed by atoms with E-state index in [0.29, 0.717) is 24.3 Å². The molecule has 3 aromatic rings. The second-order valence-corrected chi connectivity index (χ2v) is 7.89. The summed E-state index contributed by atoms with van der Waals surface area (Å²) in [5.74, 6) is -0.288. The molecule has 0 bridgehead atoms. The van der Waals surface area contributed by atoms with E-state index < -0.39 is 10.0 Å². The zero-order valence-corrected chi connectivity index (χ0v) is 15.9. The van der Waals surface area contributed by atoms with Crippen LogP contribution in [0.3, 0.4) is 0 Å². The van der Waals surface area contributed by atoms with Gasteiger partial charge in [-0.25, -0.2) is 8.42 Å². The molecule has 3 aromatic carbocycles. The average Bonchev–Trinajstić information content (AvgIpc) is 2.73. The van der Waals surface area contributed by atoms with Gasteiger partial charge < -0.3 is 11.1 Å². The first kappa shape index (κ1) is 19.6. The number of benzene rings is 3. The number of hydrogen-bond acceptors (Lipinski definition) is 4. The highest BCUT2D eigenvalue weighted by atomic mass is 32.2. The number of anilines is 1. The molecule has 0 atom stereocenters. The van der Waals surface area contributed by atoms with Crippen LogP contribution in [-0.4, -0.2) is 14.3 Å². The molecule has 0 aliphatic carbocycles. The number of hydrogen-bond donors (Lipinski definition) is 3. The van der Waals surface area contributed by atoms with Gasteiger partial charge in [-0.3, -0.25) is 9.52 Å². The summed E-state index contributed by atoms with van der Waals surface area (Å²) in [6.07, 6.45) is 0. The summed E-state index contributed by atoms with van der Waals surface area (Å²) >= 11 is 0. The lowest BCUT2D eigenvalue weighted by Crippen LogP contribution is -2.23. The maximum Gasteiger partial charge on any atom is 0.261 e. The number of carbonyl (C=O) groups excluding carboxylic acids is 1. The van der Waals surface area contributed by atoms with Crippen LogP contribution in [0.15, 0.2) is 83.8 Å². The summed E-state index contributed by atoms with van der Waals surface area (Å²) < 4.78 is 27.3. The van der Waals surface area contributed by atoms with Crippen molar-refractivity contribution in [1.82, 2.24) is 5.32 Å². The van der Waals surface area contributed by atoms with Crippen LogP contribution in [0, 0.1) is 0 Å². The molecule has 0 spiro atoms. The van der Waals surface area contributed by atoms with Crippen molar-refractivity contribution in [2.45, 2.75) is 18.0 Å². The predicted molar refractivity (Wildman–Crippen MR) is 109 cm³/mol. The van der Waals surface area contributed by atoms with E-state index in [2.05, 4.69) is 10.0 Å². The molecule has 0 unspecified atom stereocenters. The summed E-state index contributed by atoms with van der Waals surface area (Å²) in [6.45, 7) is 0.835. The Morgan fingerprint density at radius 3 is 2.21 bits per heavy atom. The molecule has 0 aliphatic rings. The molecular weight excluding hydrogens is 374 g/mol. The Labute approximate surface area is 164 Å². The minimum Gasteiger partial charge on any atom is -0.348 e. The van der Waals surface area contributed by atoms with Crippen LogP contribution in [0.4, 0.5) is 5.69 Å². The molecule has 0 heterocycles. The Morgan fingerprint density at radius 1 is 0.857 bits per heavy atom. The number of amides is 1. The van der Waals surface area contributed by atoms with Crippen molar-refractivity contribution >= 4 is 21.6 Å². The van der Waals surface area contributed by atoms with Crippen molar-refractivity contribution in [3.63, 3.8) is 0 Å². The van der Waals surface area contributed by atoms with E-state index in [1.807, 2.05) is 24.3 Å². The molecule has 0 radical (unpaired) electrons. The van der Waals surface area contributed by atoms with E-state index in [9.17, 15) is 13.2 Å². The van der Waals surface area contributed by atoms with Gasteiger partial charge in [-0.15, -0.1) is 0 Å². The number of sulfonamides is 1. The predicted octanol–water partition coefficient (Wildman–Crippen LogP) is 2.88. The second-order valence-electron chi connectivity index (χ2n) is 6.20. The van der Waals surface area contributed by atoms with Crippen molar-refractivity contribution < 1.29 is 13.2 Å². The highest BCUT2D eigenvalue weighted by Gasteiger charge is 2.14. The van der Waals surface area contributed by atoms with Crippen molar-refractivity contribution in [2.24, 2.45) is 5.73 Å². The highest BCUT2D eigenvalue weighted by Crippen LogP contribution is 2.17. The Hall–Kier alpha value is -3.16. The number of nitrogens with one attached hydrogen (secondary N) is 2. The monoisotopic (exact) mass is 395 g/mol. The molecular formula is C21H21N3O3S. The van der Waals surface area contributed by atoms with Crippen LogP contribution in [0.2, 0.25) is 0 Å². The van der Waals surface area contributed by atoms with Gasteiger partial charge in [-0.2, -0.15) is 0 Å². The van der Waals surface area contributed by atoms with Crippen molar-refractivity contribution in [3.8, 4) is 0 Å². The maximum absolute atomic E-state index is 12.4. The molecule has 4 N–H and O–H groups in total.